The van der Waals surface area contributed by atoms with Crippen LogP contribution < -0.4 is 14.5 Å². The largest absolute Gasteiger partial charge is 0.378 e. The number of amides is 1. The summed E-state index contributed by atoms with van der Waals surface area (Å²) < 4.78 is 31.9. The third-order valence-corrected chi connectivity index (χ3v) is 6.77. The van der Waals surface area contributed by atoms with Crippen molar-refractivity contribution < 1.29 is 17.9 Å². The van der Waals surface area contributed by atoms with Gasteiger partial charge in [-0.05, 0) is 67.8 Å². The number of hydrogen-bond acceptors (Lipinski definition) is 5. The number of morpholine rings is 1. The first-order chi connectivity index (χ1) is 14.7. The molecule has 0 aliphatic carbocycles. The number of aryl methyl sites for hydroxylation is 2. The molecule has 2 aromatic rings. The summed E-state index contributed by atoms with van der Waals surface area (Å²) in [4.78, 5) is 15.3. The highest BCUT2D eigenvalue weighted by molar-refractivity contribution is 7.92. The molecule has 7 nitrogen and oxygen atoms in total. The van der Waals surface area contributed by atoms with E-state index in [4.69, 9.17) is 4.74 Å². The molecule has 0 spiro atoms. The van der Waals surface area contributed by atoms with Gasteiger partial charge < -0.3 is 15.0 Å². The summed E-state index contributed by atoms with van der Waals surface area (Å²) >= 11 is 0. The molecule has 1 saturated heterocycles. The first-order valence-electron chi connectivity index (χ1n) is 10.5. The molecule has 1 N–H and O–H groups in total. The Morgan fingerprint density at radius 3 is 2.29 bits per heavy atom. The van der Waals surface area contributed by atoms with Crippen molar-refractivity contribution in [2.75, 3.05) is 47.1 Å². The Morgan fingerprint density at radius 1 is 1.10 bits per heavy atom. The normalized spacial score (nSPS) is 15.4. The van der Waals surface area contributed by atoms with Crippen molar-refractivity contribution in [3.63, 3.8) is 0 Å². The molecule has 0 radical (unpaired) electrons. The zero-order valence-electron chi connectivity index (χ0n) is 18.6. The molecule has 1 aliphatic rings. The van der Waals surface area contributed by atoms with Gasteiger partial charge in [-0.3, -0.25) is 9.10 Å². The standard InChI is InChI=1S/C23H31N3O4S/c1-5-22(26(31(4,28)29)21-9-6-17(2)18(3)16-21)23(27)24-19-7-10-20(11-8-19)25-12-14-30-15-13-25/h6-11,16,22H,5,12-15H2,1-4H3,(H,24,27)/t22-/m1/s1. The third-order valence-electron chi connectivity index (χ3n) is 5.59. The molecule has 0 aromatic heterocycles. The quantitative estimate of drug-likeness (QED) is 0.707. The maximum Gasteiger partial charge on any atom is 0.248 e. The zero-order valence-corrected chi connectivity index (χ0v) is 19.4. The molecular formula is C23H31N3O4S. The summed E-state index contributed by atoms with van der Waals surface area (Å²) in [5, 5.41) is 2.88. The fourth-order valence-corrected chi connectivity index (χ4v) is 4.93. The van der Waals surface area contributed by atoms with E-state index >= 15 is 0 Å². The number of benzene rings is 2. The average molecular weight is 446 g/mol. The van der Waals surface area contributed by atoms with Crippen molar-refractivity contribution in [3.05, 3.63) is 53.6 Å². The van der Waals surface area contributed by atoms with Crippen LogP contribution in [0.1, 0.15) is 24.5 Å². The number of anilines is 3. The maximum absolute atomic E-state index is 13.1. The van der Waals surface area contributed by atoms with Gasteiger partial charge in [-0.25, -0.2) is 8.42 Å². The fraction of sp³-hybridized carbons (Fsp3) is 0.435. The van der Waals surface area contributed by atoms with Gasteiger partial charge in [-0.2, -0.15) is 0 Å². The molecule has 1 fully saturated rings. The van der Waals surface area contributed by atoms with Crippen LogP contribution in [0.2, 0.25) is 0 Å². The Bertz CT molecular complexity index is 1020. The first kappa shape index (κ1) is 23.1. The number of carbonyl (C=O) groups excluding carboxylic acids is 1. The molecule has 2 aromatic carbocycles. The van der Waals surface area contributed by atoms with E-state index in [0.717, 1.165) is 36.2 Å². The van der Waals surface area contributed by atoms with Gasteiger partial charge in [-0.15, -0.1) is 0 Å². The number of nitrogens with zero attached hydrogens (tertiary/aromatic N) is 2. The third kappa shape index (κ3) is 5.57. The lowest BCUT2D eigenvalue weighted by Gasteiger charge is -2.31. The number of sulfonamides is 1. The molecule has 31 heavy (non-hydrogen) atoms. The van der Waals surface area contributed by atoms with E-state index in [1.165, 1.54) is 4.31 Å². The Hall–Kier alpha value is -2.58. The molecule has 0 unspecified atom stereocenters. The van der Waals surface area contributed by atoms with Crippen molar-refractivity contribution in [2.24, 2.45) is 0 Å². The maximum atomic E-state index is 13.1. The van der Waals surface area contributed by atoms with Crippen LogP contribution in [0.3, 0.4) is 0 Å². The molecule has 8 heteroatoms. The zero-order chi connectivity index (χ0) is 22.6. The molecule has 3 rings (SSSR count). The molecule has 1 heterocycles. The lowest BCUT2D eigenvalue weighted by molar-refractivity contribution is -0.117. The second-order valence-electron chi connectivity index (χ2n) is 7.89. The van der Waals surface area contributed by atoms with Gasteiger partial charge in [0.25, 0.3) is 0 Å². The predicted octanol–water partition coefficient (Wildman–Crippen LogP) is 3.32. The Morgan fingerprint density at radius 2 is 1.74 bits per heavy atom. The minimum absolute atomic E-state index is 0.345. The van der Waals surface area contributed by atoms with Gasteiger partial charge in [0.15, 0.2) is 0 Å². The number of carbonyl (C=O) groups is 1. The number of hydrogen-bond donors (Lipinski definition) is 1. The van der Waals surface area contributed by atoms with Crippen LogP contribution in [-0.2, 0) is 19.6 Å². The lowest BCUT2D eigenvalue weighted by atomic mass is 10.1. The second-order valence-corrected chi connectivity index (χ2v) is 9.75. The van der Waals surface area contributed by atoms with E-state index in [1.54, 1.807) is 6.07 Å². The SMILES string of the molecule is CC[C@H](C(=O)Nc1ccc(N2CCOCC2)cc1)N(c1ccc(C)c(C)c1)S(C)(=O)=O. The summed E-state index contributed by atoms with van der Waals surface area (Å²) in [6.07, 6.45) is 1.48. The molecular weight excluding hydrogens is 414 g/mol. The van der Waals surface area contributed by atoms with Gasteiger partial charge >= 0.3 is 0 Å². The van der Waals surface area contributed by atoms with E-state index in [2.05, 4.69) is 10.2 Å². The van der Waals surface area contributed by atoms with Crippen LogP contribution >= 0.6 is 0 Å². The van der Waals surface area contributed by atoms with E-state index < -0.39 is 16.1 Å². The van der Waals surface area contributed by atoms with Crippen LogP contribution in [-0.4, -0.2) is 52.9 Å². The highest BCUT2D eigenvalue weighted by Crippen LogP contribution is 2.26. The molecule has 1 amide bonds. The highest BCUT2D eigenvalue weighted by atomic mass is 32.2. The van der Waals surface area contributed by atoms with E-state index in [1.807, 2.05) is 57.2 Å². The van der Waals surface area contributed by atoms with E-state index in [9.17, 15) is 13.2 Å². The van der Waals surface area contributed by atoms with Gasteiger partial charge in [-0.1, -0.05) is 13.0 Å². The van der Waals surface area contributed by atoms with Crippen molar-refractivity contribution in [1.29, 1.82) is 0 Å². The molecule has 1 atom stereocenters. The van der Waals surface area contributed by atoms with Crippen LogP contribution in [0, 0.1) is 13.8 Å². The van der Waals surface area contributed by atoms with Gasteiger partial charge in [0, 0.05) is 24.5 Å². The predicted molar refractivity (Wildman–Crippen MR) is 125 cm³/mol. The van der Waals surface area contributed by atoms with Gasteiger partial charge in [0.2, 0.25) is 15.9 Å². The van der Waals surface area contributed by atoms with Crippen LogP contribution in [0.4, 0.5) is 17.1 Å². The summed E-state index contributed by atoms with van der Waals surface area (Å²) in [5.41, 5.74) is 4.24. The minimum Gasteiger partial charge on any atom is -0.378 e. The van der Waals surface area contributed by atoms with E-state index in [-0.39, 0.29) is 5.91 Å². The molecule has 168 valence electrons. The van der Waals surface area contributed by atoms with Crippen molar-refractivity contribution >= 4 is 33.0 Å². The summed E-state index contributed by atoms with van der Waals surface area (Å²) in [6.45, 7) is 8.79. The van der Waals surface area contributed by atoms with Gasteiger partial charge in [0.05, 0.1) is 25.2 Å². The van der Waals surface area contributed by atoms with Crippen molar-refractivity contribution in [1.82, 2.24) is 0 Å². The lowest BCUT2D eigenvalue weighted by Crippen LogP contribution is -2.47. The molecule has 0 saturated carbocycles. The number of rotatable bonds is 7. The van der Waals surface area contributed by atoms with Crippen LogP contribution in [0.5, 0.6) is 0 Å². The van der Waals surface area contributed by atoms with Gasteiger partial charge in [0.1, 0.15) is 6.04 Å². The van der Waals surface area contributed by atoms with Crippen LogP contribution in [0.25, 0.3) is 0 Å². The van der Waals surface area contributed by atoms with Crippen molar-refractivity contribution in [3.8, 4) is 0 Å². The first-order valence-corrected chi connectivity index (χ1v) is 12.4. The van der Waals surface area contributed by atoms with Crippen LogP contribution in [0.15, 0.2) is 42.5 Å². The van der Waals surface area contributed by atoms with E-state index in [0.29, 0.717) is 31.0 Å². The monoisotopic (exact) mass is 445 g/mol. The van der Waals surface area contributed by atoms with Crippen molar-refractivity contribution in [2.45, 2.75) is 33.2 Å². The molecule has 1 aliphatic heterocycles. The smallest absolute Gasteiger partial charge is 0.248 e. The highest BCUT2D eigenvalue weighted by Gasteiger charge is 2.31. The Balaban J connectivity index is 1.80. The Kier molecular flexibility index (Phi) is 7.23. The summed E-state index contributed by atoms with van der Waals surface area (Å²) in [7, 11) is -3.66. The molecule has 0 bridgehead atoms. The topological polar surface area (TPSA) is 79.0 Å². The Labute approximate surface area is 185 Å². The second kappa shape index (κ2) is 9.70. The number of nitrogens with one attached hydrogen (secondary N) is 1. The fourth-order valence-electron chi connectivity index (χ4n) is 3.73. The summed E-state index contributed by atoms with van der Waals surface area (Å²) in [6, 6.07) is 12.2. The average Bonchev–Trinajstić information content (AvgIpc) is 2.74. The number of ether oxygens (including phenoxy) is 1. The summed E-state index contributed by atoms with van der Waals surface area (Å²) in [5.74, 6) is -0.356. The minimum atomic E-state index is -3.66.